The molecule has 1 saturated heterocycles. The number of carbonyl (C=O) groups excluding carboxylic acids is 1. The van der Waals surface area contributed by atoms with Crippen molar-refractivity contribution in [3.05, 3.63) is 88.4 Å². The summed E-state index contributed by atoms with van der Waals surface area (Å²) in [5, 5.41) is 0.700. The Morgan fingerprint density at radius 3 is 2.38 bits per heavy atom. The highest BCUT2D eigenvalue weighted by molar-refractivity contribution is 7.98. The van der Waals surface area contributed by atoms with Crippen LogP contribution in [0.3, 0.4) is 0 Å². The van der Waals surface area contributed by atoms with Crippen molar-refractivity contribution in [1.29, 1.82) is 0 Å². The number of aryl methyl sites for hydroxylation is 1. The average Bonchev–Trinajstić information content (AvgIpc) is 3.47. The van der Waals surface area contributed by atoms with E-state index in [0.717, 1.165) is 70.8 Å². The van der Waals surface area contributed by atoms with Crippen molar-refractivity contribution in [3.63, 3.8) is 0 Å². The molecule has 0 unspecified atom stereocenters. The Kier molecular flexibility index (Phi) is 11.3. The van der Waals surface area contributed by atoms with Gasteiger partial charge in [0.15, 0.2) is 5.60 Å². The molecule has 7 nitrogen and oxygen atoms in total. The lowest BCUT2D eigenvalue weighted by atomic mass is 10.1. The Labute approximate surface area is 288 Å². The Morgan fingerprint density at radius 2 is 1.73 bits per heavy atom. The third-order valence-electron chi connectivity index (χ3n) is 8.05. The van der Waals surface area contributed by atoms with E-state index in [4.69, 9.17) is 19.2 Å². The fraction of sp³-hybridized carbons (Fsp3) is 0.389. The summed E-state index contributed by atoms with van der Waals surface area (Å²) in [6.07, 6.45) is -4.39. The standard InChI is InChI=1S/C36H40F3N3O4S2/c1-6-45-34(43)35(3,4)46-31-15-14-29(20-24(31)2)47-23-32-30(40-33(48-32)25-10-12-26(13-11-25)36(37,38)39)22-41-16-18-42(19-17-41)27-8-7-9-28(21-27)44-5/h7-15,20-21H,6,16-19,22-23H2,1-5H3. The van der Waals surface area contributed by atoms with Crippen molar-refractivity contribution in [2.45, 2.75) is 56.7 Å². The molecule has 2 heterocycles. The highest BCUT2D eigenvalue weighted by atomic mass is 32.2. The van der Waals surface area contributed by atoms with Crippen LogP contribution in [-0.4, -0.2) is 61.3 Å². The molecule has 4 aromatic rings. The quantitative estimate of drug-likeness (QED) is 0.108. The van der Waals surface area contributed by atoms with Gasteiger partial charge in [0, 0.05) is 65.6 Å². The van der Waals surface area contributed by atoms with Crippen LogP contribution in [0.25, 0.3) is 10.6 Å². The molecule has 3 aromatic carbocycles. The zero-order valence-electron chi connectivity index (χ0n) is 27.7. The van der Waals surface area contributed by atoms with E-state index in [1.54, 1.807) is 39.6 Å². The number of rotatable bonds is 12. The minimum atomic E-state index is -4.39. The van der Waals surface area contributed by atoms with Crippen LogP contribution in [0, 0.1) is 6.92 Å². The van der Waals surface area contributed by atoms with Crippen molar-refractivity contribution < 1.29 is 32.2 Å². The van der Waals surface area contributed by atoms with E-state index in [1.807, 2.05) is 43.3 Å². The maximum absolute atomic E-state index is 13.2. The highest BCUT2D eigenvalue weighted by Gasteiger charge is 2.32. The fourth-order valence-electron chi connectivity index (χ4n) is 5.32. The first-order chi connectivity index (χ1) is 22.9. The van der Waals surface area contributed by atoms with Gasteiger partial charge in [0.25, 0.3) is 0 Å². The maximum atomic E-state index is 13.2. The molecular formula is C36H40F3N3O4S2. The number of methoxy groups -OCH3 is 1. The first-order valence-electron chi connectivity index (χ1n) is 15.7. The summed E-state index contributed by atoms with van der Waals surface area (Å²) in [6, 6.07) is 19.1. The molecule has 0 N–H and O–H groups in total. The molecule has 48 heavy (non-hydrogen) atoms. The lowest BCUT2D eigenvalue weighted by Crippen LogP contribution is -2.46. The molecule has 1 aliphatic heterocycles. The fourth-order valence-corrected chi connectivity index (χ4v) is 7.50. The number of nitrogens with zero attached hydrogens (tertiary/aromatic N) is 3. The number of thioether (sulfide) groups is 1. The van der Waals surface area contributed by atoms with Gasteiger partial charge in [0.2, 0.25) is 0 Å². The van der Waals surface area contributed by atoms with E-state index in [-0.39, 0.29) is 6.61 Å². The highest BCUT2D eigenvalue weighted by Crippen LogP contribution is 2.37. The molecule has 0 saturated carbocycles. The van der Waals surface area contributed by atoms with Crippen LogP contribution in [0.1, 0.15) is 42.5 Å². The zero-order chi connectivity index (χ0) is 34.5. The smallest absolute Gasteiger partial charge is 0.416 e. The molecule has 1 aromatic heterocycles. The molecule has 0 radical (unpaired) electrons. The third kappa shape index (κ3) is 8.83. The largest absolute Gasteiger partial charge is 0.497 e. The van der Waals surface area contributed by atoms with Crippen LogP contribution < -0.4 is 14.4 Å². The number of piperazine rings is 1. The van der Waals surface area contributed by atoms with Crippen LogP contribution in [0.5, 0.6) is 11.5 Å². The lowest BCUT2D eigenvalue weighted by molar-refractivity contribution is -0.158. The molecule has 1 fully saturated rings. The summed E-state index contributed by atoms with van der Waals surface area (Å²) in [5.74, 6) is 1.65. The summed E-state index contributed by atoms with van der Waals surface area (Å²) in [4.78, 5) is 24.1. The number of hydrogen-bond donors (Lipinski definition) is 0. The van der Waals surface area contributed by atoms with E-state index in [9.17, 15) is 18.0 Å². The number of hydrogen-bond acceptors (Lipinski definition) is 9. The Bertz CT molecular complexity index is 1700. The maximum Gasteiger partial charge on any atom is 0.416 e. The molecule has 0 aliphatic carbocycles. The lowest BCUT2D eigenvalue weighted by Gasteiger charge is -2.36. The Morgan fingerprint density at radius 1 is 1.00 bits per heavy atom. The number of thiazole rings is 1. The summed E-state index contributed by atoms with van der Waals surface area (Å²) < 4.78 is 56.3. The summed E-state index contributed by atoms with van der Waals surface area (Å²) in [7, 11) is 1.67. The predicted molar refractivity (Wildman–Crippen MR) is 185 cm³/mol. The number of aromatic nitrogens is 1. The van der Waals surface area contributed by atoms with E-state index in [1.165, 1.54) is 23.5 Å². The molecule has 256 valence electrons. The van der Waals surface area contributed by atoms with Crippen LogP contribution in [0.15, 0.2) is 71.6 Å². The number of carbonyl (C=O) groups is 1. The van der Waals surface area contributed by atoms with E-state index in [0.29, 0.717) is 28.6 Å². The normalized spacial score (nSPS) is 14.2. The number of anilines is 1. The first-order valence-corrected chi connectivity index (χ1v) is 17.5. The third-order valence-corrected chi connectivity index (χ3v) is 10.4. The topological polar surface area (TPSA) is 64.1 Å². The molecule has 0 bridgehead atoms. The van der Waals surface area contributed by atoms with Gasteiger partial charge in [-0.2, -0.15) is 13.2 Å². The van der Waals surface area contributed by atoms with Crippen LogP contribution in [0.4, 0.5) is 18.9 Å². The van der Waals surface area contributed by atoms with Crippen LogP contribution >= 0.6 is 23.1 Å². The summed E-state index contributed by atoms with van der Waals surface area (Å²) in [6.45, 7) is 11.4. The SMILES string of the molecule is CCOC(=O)C(C)(C)Oc1ccc(SCc2sc(-c3ccc(C(F)(F)F)cc3)nc2CN2CCN(c3cccc(OC)c3)CC2)cc1C. The molecule has 0 atom stereocenters. The number of halogens is 3. The average molecular weight is 700 g/mol. The molecule has 0 amide bonds. The van der Waals surface area contributed by atoms with Crippen molar-refractivity contribution >= 4 is 34.8 Å². The number of alkyl halides is 3. The van der Waals surface area contributed by atoms with Gasteiger partial charge in [-0.25, -0.2) is 9.78 Å². The van der Waals surface area contributed by atoms with Gasteiger partial charge in [-0.3, -0.25) is 4.90 Å². The van der Waals surface area contributed by atoms with Gasteiger partial charge >= 0.3 is 12.1 Å². The Hall–Kier alpha value is -3.74. The molecular weight excluding hydrogens is 660 g/mol. The van der Waals surface area contributed by atoms with Crippen molar-refractivity contribution in [3.8, 4) is 22.1 Å². The van der Waals surface area contributed by atoms with Gasteiger partial charge in [-0.15, -0.1) is 23.1 Å². The zero-order valence-corrected chi connectivity index (χ0v) is 29.4. The van der Waals surface area contributed by atoms with E-state index in [2.05, 4.69) is 15.9 Å². The minimum Gasteiger partial charge on any atom is -0.497 e. The molecule has 0 spiro atoms. The number of esters is 1. The second-order valence-electron chi connectivity index (χ2n) is 12.0. The number of ether oxygens (including phenoxy) is 3. The van der Waals surface area contributed by atoms with Crippen LogP contribution in [-0.2, 0) is 28.0 Å². The van der Waals surface area contributed by atoms with Gasteiger partial charge in [0.1, 0.15) is 16.5 Å². The van der Waals surface area contributed by atoms with Crippen molar-refractivity contribution in [2.24, 2.45) is 0 Å². The van der Waals surface area contributed by atoms with Crippen molar-refractivity contribution in [1.82, 2.24) is 9.88 Å². The molecule has 12 heteroatoms. The molecule has 5 rings (SSSR count). The first kappa shape index (κ1) is 35.6. The number of benzene rings is 3. The second kappa shape index (κ2) is 15.2. The van der Waals surface area contributed by atoms with E-state index >= 15 is 0 Å². The van der Waals surface area contributed by atoms with Gasteiger partial charge in [-0.1, -0.05) is 18.2 Å². The van der Waals surface area contributed by atoms with Gasteiger partial charge < -0.3 is 19.1 Å². The monoisotopic (exact) mass is 699 g/mol. The minimum absolute atomic E-state index is 0.278. The summed E-state index contributed by atoms with van der Waals surface area (Å²) in [5.41, 5.74) is 1.81. The van der Waals surface area contributed by atoms with Crippen molar-refractivity contribution in [2.75, 3.05) is 44.8 Å². The van der Waals surface area contributed by atoms with Crippen LogP contribution in [0.2, 0.25) is 0 Å². The van der Waals surface area contributed by atoms with E-state index < -0.39 is 23.3 Å². The Balaban J connectivity index is 1.31. The molecule has 1 aliphatic rings. The van der Waals surface area contributed by atoms with Gasteiger partial charge in [-0.05, 0) is 75.7 Å². The summed E-state index contributed by atoms with van der Waals surface area (Å²) >= 11 is 3.17. The van der Waals surface area contributed by atoms with Gasteiger partial charge in [0.05, 0.1) is 25.0 Å². The second-order valence-corrected chi connectivity index (χ2v) is 14.1. The predicted octanol–water partition coefficient (Wildman–Crippen LogP) is 8.48.